The minimum Gasteiger partial charge on any atom is -0.508 e. The summed E-state index contributed by atoms with van der Waals surface area (Å²) < 4.78 is 0. The van der Waals surface area contributed by atoms with Crippen molar-refractivity contribution >= 4 is 5.91 Å². The summed E-state index contributed by atoms with van der Waals surface area (Å²) in [5.74, 6) is 0.0899. The third kappa shape index (κ3) is 3.13. The van der Waals surface area contributed by atoms with Gasteiger partial charge in [-0.25, -0.2) is 0 Å². The number of phenols is 1. The summed E-state index contributed by atoms with van der Waals surface area (Å²) in [6, 6.07) is 6.21. The van der Waals surface area contributed by atoms with E-state index < -0.39 is 0 Å². The molecule has 0 spiro atoms. The summed E-state index contributed by atoms with van der Waals surface area (Å²) in [6.45, 7) is 6.17. The van der Waals surface area contributed by atoms with Crippen LogP contribution in [-0.4, -0.2) is 29.5 Å². The van der Waals surface area contributed by atoms with Crippen molar-refractivity contribution in [1.29, 1.82) is 0 Å². The van der Waals surface area contributed by atoms with Crippen molar-refractivity contribution < 1.29 is 9.90 Å². The summed E-state index contributed by atoms with van der Waals surface area (Å²) in [4.78, 5) is 13.4. The van der Waals surface area contributed by atoms with Crippen molar-refractivity contribution in [3.05, 3.63) is 42.0 Å². The van der Waals surface area contributed by atoms with E-state index in [1.54, 1.807) is 24.1 Å². The highest BCUT2D eigenvalue weighted by molar-refractivity contribution is 5.94. The highest BCUT2D eigenvalue weighted by atomic mass is 16.3. The highest BCUT2D eigenvalue weighted by Gasteiger charge is 2.10. The third-order valence-corrected chi connectivity index (χ3v) is 1.97. The van der Waals surface area contributed by atoms with E-state index in [1.807, 2.05) is 6.92 Å². The van der Waals surface area contributed by atoms with E-state index in [1.165, 1.54) is 12.1 Å². The second-order valence-corrected chi connectivity index (χ2v) is 3.67. The molecular formula is C12H15NO2. The van der Waals surface area contributed by atoms with Crippen molar-refractivity contribution in [3.63, 3.8) is 0 Å². The molecule has 0 atom stereocenters. The van der Waals surface area contributed by atoms with Gasteiger partial charge in [-0.3, -0.25) is 4.79 Å². The number of rotatable bonds is 3. The minimum absolute atomic E-state index is 0.0713. The molecule has 1 aromatic carbocycles. The number of hydrogen-bond acceptors (Lipinski definition) is 2. The minimum atomic E-state index is -0.0713. The third-order valence-electron chi connectivity index (χ3n) is 1.97. The average molecular weight is 205 g/mol. The summed E-state index contributed by atoms with van der Waals surface area (Å²) in [5.41, 5.74) is 1.50. The molecule has 0 aliphatic rings. The molecule has 0 saturated heterocycles. The van der Waals surface area contributed by atoms with Gasteiger partial charge in [0.15, 0.2) is 0 Å². The Bertz CT molecular complexity index is 368. The van der Waals surface area contributed by atoms with Gasteiger partial charge in [0.05, 0.1) is 0 Å². The molecule has 0 radical (unpaired) electrons. The summed E-state index contributed by atoms with van der Waals surface area (Å²) in [6.07, 6.45) is 0. The summed E-state index contributed by atoms with van der Waals surface area (Å²) in [5, 5.41) is 9.08. The predicted octanol–water partition coefficient (Wildman–Crippen LogP) is 2.04. The van der Waals surface area contributed by atoms with Crippen LogP contribution in [-0.2, 0) is 0 Å². The molecule has 0 aliphatic carbocycles. The fourth-order valence-electron chi connectivity index (χ4n) is 1.30. The van der Waals surface area contributed by atoms with Crippen LogP contribution in [0.3, 0.4) is 0 Å². The molecule has 0 bridgehead atoms. The first-order valence-electron chi connectivity index (χ1n) is 4.69. The molecule has 15 heavy (non-hydrogen) atoms. The average Bonchev–Trinajstić information content (AvgIpc) is 2.17. The number of amides is 1. The smallest absolute Gasteiger partial charge is 0.253 e. The zero-order valence-electron chi connectivity index (χ0n) is 9.03. The first-order chi connectivity index (χ1) is 7.00. The molecule has 0 unspecified atom stereocenters. The molecule has 1 N–H and O–H groups in total. The largest absolute Gasteiger partial charge is 0.508 e. The van der Waals surface area contributed by atoms with Gasteiger partial charge in [0.2, 0.25) is 0 Å². The van der Waals surface area contributed by atoms with Gasteiger partial charge < -0.3 is 10.0 Å². The van der Waals surface area contributed by atoms with Gasteiger partial charge in [0.1, 0.15) is 5.75 Å². The normalized spacial score (nSPS) is 9.73. The Morgan fingerprint density at radius 1 is 1.40 bits per heavy atom. The van der Waals surface area contributed by atoms with Crippen molar-refractivity contribution in [1.82, 2.24) is 4.90 Å². The van der Waals surface area contributed by atoms with Crippen molar-refractivity contribution in [3.8, 4) is 5.75 Å². The Balaban J connectivity index is 2.76. The van der Waals surface area contributed by atoms with Crippen LogP contribution in [0.1, 0.15) is 17.3 Å². The van der Waals surface area contributed by atoms with Crippen LogP contribution >= 0.6 is 0 Å². The molecule has 0 aromatic heterocycles. The quantitative estimate of drug-likeness (QED) is 0.767. The van der Waals surface area contributed by atoms with E-state index in [0.29, 0.717) is 12.1 Å². The van der Waals surface area contributed by atoms with Gasteiger partial charge in [-0.05, 0) is 31.2 Å². The monoisotopic (exact) mass is 205 g/mol. The number of carbonyl (C=O) groups is 1. The van der Waals surface area contributed by atoms with Crippen molar-refractivity contribution in [2.75, 3.05) is 13.6 Å². The lowest BCUT2D eigenvalue weighted by Gasteiger charge is -2.16. The van der Waals surface area contributed by atoms with Gasteiger partial charge in [-0.15, -0.1) is 0 Å². The van der Waals surface area contributed by atoms with Gasteiger partial charge >= 0.3 is 0 Å². The lowest BCUT2D eigenvalue weighted by atomic mass is 10.2. The lowest BCUT2D eigenvalue weighted by molar-refractivity contribution is 0.0807. The predicted molar refractivity (Wildman–Crippen MR) is 59.9 cm³/mol. The fraction of sp³-hybridized carbons (Fsp3) is 0.250. The number of benzene rings is 1. The van der Waals surface area contributed by atoms with Gasteiger partial charge in [0, 0.05) is 19.2 Å². The Labute approximate surface area is 89.6 Å². The molecular weight excluding hydrogens is 190 g/mol. The first-order valence-corrected chi connectivity index (χ1v) is 4.69. The van der Waals surface area contributed by atoms with Crippen molar-refractivity contribution in [2.24, 2.45) is 0 Å². The van der Waals surface area contributed by atoms with Crippen LogP contribution in [0.15, 0.2) is 36.4 Å². The topological polar surface area (TPSA) is 40.5 Å². The molecule has 3 nitrogen and oxygen atoms in total. The van der Waals surface area contributed by atoms with E-state index in [4.69, 9.17) is 5.11 Å². The van der Waals surface area contributed by atoms with Crippen LogP contribution in [0.25, 0.3) is 0 Å². The molecule has 80 valence electrons. The molecule has 0 aliphatic heterocycles. The second-order valence-electron chi connectivity index (χ2n) is 3.67. The highest BCUT2D eigenvalue weighted by Crippen LogP contribution is 2.11. The maximum atomic E-state index is 11.8. The molecule has 0 saturated carbocycles. The van der Waals surface area contributed by atoms with Crippen LogP contribution in [0, 0.1) is 0 Å². The van der Waals surface area contributed by atoms with Gasteiger partial charge in [-0.2, -0.15) is 0 Å². The van der Waals surface area contributed by atoms with Crippen LogP contribution < -0.4 is 0 Å². The summed E-state index contributed by atoms with van der Waals surface area (Å²) in [7, 11) is 1.73. The van der Waals surface area contributed by atoms with E-state index in [-0.39, 0.29) is 11.7 Å². The van der Waals surface area contributed by atoms with E-state index in [9.17, 15) is 4.79 Å². The molecule has 1 rings (SSSR count). The molecule has 1 amide bonds. The molecule has 1 aromatic rings. The van der Waals surface area contributed by atoms with E-state index in [2.05, 4.69) is 6.58 Å². The Morgan fingerprint density at radius 3 is 2.40 bits per heavy atom. The van der Waals surface area contributed by atoms with Gasteiger partial charge in [0.25, 0.3) is 5.91 Å². The summed E-state index contributed by atoms with van der Waals surface area (Å²) >= 11 is 0. The maximum Gasteiger partial charge on any atom is 0.253 e. The number of nitrogens with zero attached hydrogens (tertiary/aromatic N) is 1. The van der Waals surface area contributed by atoms with Crippen LogP contribution in [0.5, 0.6) is 5.75 Å². The van der Waals surface area contributed by atoms with Gasteiger partial charge in [-0.1, -0.05) is 12.2 Å². The van der Waals surface area contributed by atoms with E-state index in [0.717, 1.165) is 5.57 Å². The zero-order valence-corrected chi connectivity index (χ0v) is 9.03. The molecule has 0 heterocycles. The standard InChI is InChI=1S/C12H15NO2/c1-9(2)8-13(3)12(15)10-4-6-11(14)7-5-10/h4-7,14H,1,8H2,2-3H3. The number of aromatic hydroxyl groups is 1. The first kappa shape index (κ1) is 11.3. The zero-order chi connectivity index (χ0) is 11.4. The molecule has 0 fully saturated rings. The number of likely N-dealkylation sites (N-methyl/N-ethyl adjacent to an activating group) is 1. The second kappa shape index (κ2) is 4.64. The molecule has 3 heteroatoms. The van der Waals surface area contributed by atoms with Crippen LogP contribution in [0.4, 0.5) is 0 Å². The fourth-order valence-corrected chi connectivity index (χ4v) is 1.30. The Hall–Kier alpha value is -1.77. The van der Waals surface area contributed by atoms with Crippen molar-refractivity contribution in [2.45, 2.75) is 6.92 Å². The number of carbonyl (C=O) groups excluding carboxylic acids is 1. The van der Waals surface area contributed by atoms with E-state index >= 15 is 0 Å². The lowest BCUT2D eigenvalue weighted by Crippen LogP contribution is -2.27. The SMILES string of the molecule is C=C(C)CN(C)C(=O)c1ccc(O)cc1. The van der Waals surface area contributed by atoms with Crippen LogP contribution in [0.2, 0.25) is 0 Å². The maximum absolute atomic E-state index is 11.8. The number of phenolic OH excluding ortho intramolecular Hbond substituents is 1. The Kier molecular flexibility index (Phi) is 3.50. The Morgan fingerprint density at radius 2 is 1.93 bits per heavy atom. The number of hydrogen-bond donors (Lipinski definition) is 1.